The lowest BCUT2D eigenvalue weighted by atomic mass is 10.3. The molecule has 3 rings (SSSR count). The summed E-state index contributed by atoms with van der Waals surface area (Å²) in [6.45, 7) is 2.71. The van der Waals surface area contributed by atoms with Crippen molar-refractivity contribution in [2.45, 2.75) is 13.0 Å². The van der Waals surface area contributed by atoms with E-state index in [4.69, 9.17) is 9.05 Å². The molecule has 0 saturated carbocycles. The molecule has 0 N–H and O–H groups in total. The fourth-order valence-corrected chi connectivity index (χ4v) is 3.86. The molecule has 5 heteroatoms. The number of nitrogens with zero attached hydrogens (tertiary/aromatic N) is 1. The molecule has 1 heterocycles. The van der Waals surface area contributed by atoms with Gasteiger partial charge in [0.05, 0.1) is 0 Å². The van der Waals surface area contributed by atoms with Crippen LogP contribution in [0.5, 0.6) is 11.5 Å². The van der Waals surface area contributed by atoms with Gasteiger partial charge in [0, 0.05) is 12.6 Å². The molecule has 1 aliphatic heterocycles. The molecule has 0 radical (unpaired) electrons. The number of rotatable bonds is 5. The van der Waals surface area contributed by atoms with Crippen molar-refractivity contribution in [1.29, 1.82) is 0 Å². The fraction of sp³-hybridized carbons (Fsp3) is 0.200. The van der Waals surface area contributed by atoms with E-state index in [0.29, 0.717) is 11.5 Å². The van der Waals surface area contributed by atoms with Gasteiger partial charge in [-0.2, -0.15) is 4.67 Å². The van der Waals surface area contributed by atoms with Crippen LogP contribution in [0, 0.1) is 0 Å². The molecule has 0 bridgehead atoms. The third kappa shape index (κ3) is 2.87. The van der Waals surface area contributed by atoms with Gasteiger partial charge >= 0.3 is 7.75 Å². The van der Waals surface area contributed by atoms with E-state index >= 15 is 0 Å². The molecule has 1 fully saturated rings. The first-order valence-electron chi connectivity index (χ1n) is 6.54. The third-order valence-electron chi connectivity index (χ3n) is 3.07. The maximum atomic E-state index is 13.0. The van der Waals surface area contributed by atoms with Gasteiger partial charge in [-0.1, -0.05) is 36.4 Å². The van der Waals surface area contributed by atoms with Crippen LogP contribution in [0.3, 0.4) is 0 Å². The van der Waals surface area contributed by atoms with Crippen molar-refractivity contribution in [3.05, 3.63) is 60.7 Å². The molecule has 1 saturated heterocycles. The lowest BCUT2D eigenvalue weighted by Crippen LogP contribution is -2.10. The molecule has 2 aromatic carbocycles. The second-order valence-electron chi connectivity index (χ2n) is 4.75. The first-order valence-corrected chi connectivity index (χ1v) is 8.03. The molecule has 104 valence electrons. The highest BCUT2D eigenvalue weighted by Gasteiger charge is 2.50. The highest BCUT2D eigenvalue weighted by Crippen LogP contribution is 2.57. The standard InChI is InChI=1S/C15H16NO3P/c1-13-12-16(13)20(17,18-14-8-4-2-5-9-14)19-15-10-6-3-7-11-15/h2-11,13H,12H2,1H3/t13-,16?/m0/s1. The summed E-state index contributed by atoms with van der Waals surface area (Å²) < 4.78 is 26.1. The van der Waals surface area contributed by atoms with Crippen LogP contribution in [0.4, 0.5) is 0 Å². The van der Waals surface area contributed by atoms with E-state index in [-0.39, 0.29) is 6.04 Å². The van der Waals surface area contributed by atoms with E-state index < -0.39 is 7.75 Å². The minimum Gasteiger partial charge on any atom is -0.404 e. The molecule has 0 spiro atoms. The molecule has 4 nitrogen and oxygen atoms in total. The zero-order valence-electron chi connectivity index (χ0n) is 11.2. The number of hydrogen-bond acceptors (Lipinski definition) is 3. The average Bonchev–Trinajstić information content (AvgIpc) is 3.19. The summed E-state index contributed by atoms with van der Waals surface area (Å²) in [7, 11) is -3.35. The number of benzene rings is 2. The second-order valence-corrected chi connectivity index (χ2v) is 6.56. The fourth-order valence-electron chi connectivity index (χ4n) is 1.92. The zero-order chi connectivity index (χ0) is 14.0. The Balaban J connectivity index is 1.84. The van der Waals surface area contributed by atoms with E-state index in [1.807, 2.05) is 43.3 Å². The van der Waals surface area contributed by atoms with Gasteiger partial charge in [-0.25, -0.2) is 4.57 Å². The number of para-hydroxylation sites is 2. The van der Waals surface area contributed by atoms with Gasteiger partial charge in [0.25, 0.3) is 0 Å². The summed E-state index contributed by atoms with van der Waals surface area (Å²) in [6, 6.07) is 18.4. The Morgan fingerprint density at radius 2 is 1.35 bits per heavy atom. The average molecular weight is 289 g/mol. The highest BCUT2D eigenvalue weighted by molar-refractivity contribution is 7.52. The summed E-state index contributed by atoms with van der Waals surface area (Å²) in [5.74, 6) is 1.09. The molecule has 0 amide bonds. The second kappa shape index (κ2) is 5.31. The topological polar surface area (TPSA) is 38.5 Å². The molecule has 20 heavy (non-hydrogen) atoms. The van der Waals surface area contributed by atoms with Crippen LogP contribution in [0.2, 0.25) is 0 Å². The van der Waals surface area contributed by atoms with Crippen molar-refractivity contribution in [3.8, 4) is 11.5 Å². The maximum Gasteiger partial charge on any atom is 0.515 e. The van der Waals surface area contributed by atoms with Gasteiger partial charge in [-0.3, -0.25) is 0 Å². The van der Waals surface area contributed by atoms with E-state index in [0.717, 1.165) is 6.54 Å². The van der Waals surface area contributed by atoms with Gasteiger partial charge in [0.1, 0.15) is 11.5 Å². The largest absolute Gasteiger partial charge is 0.515 e. The van der Waals surface area contributed by atoms with Gasteiger partial charge < -0.3 is 9.05 Å². The minimum atomic E-state index is -3.35. The summed E-state index contributed by atoms with van der Waals surface area (Å²) in [5.41, 5.74) is 0. The first kappa shape index (κ1) is 13.2. The Hall–Kier alpha value is -1.77. The monoisotopic (exact) mass is 289 g/mol. The molecule has 0 aromatic heterocycles. The van der Waals surface area contributed by atoms with Gasteiger partial charge in [0.15, 0.2) is 0 Å². The predicted octanol–water partition coefficient (Wildman–Crippen LogP) is 3.96. The summed E-state index contributed by atoms with van der Waals surface area (Å²) >= 11 is 0. The Morgan fingerprint density at radius 1 is 0.950 bits per heavy atom. The van der Waals surface area contributed by atoms with Crippen LogP contribution < -0.4 is 9.05 Å². The first-order chi connectivity index (χ1) is 9.67. The third-order valence-corrected chi connectivity index (χ3v) is 5.14. The van der Waals surface area contributed by atoms with Crippen LogP contribution in [0.25, 0.3) is 0 Å². The van der Waals surface area contributed by atoms with E-state index in [2.05, 4.69) is 0 Å². The van der Waals surface area contributed by atoms with E-state index in [1.54, 1.807) is 28.9 Å². The minimum absolute atomic E-state index is 0.216. The SMILES string of the molecule is C[C@H]1CN1P(=O)(Oc1ccccc1)Oc1ccccc1. The maximum absolute atomic E-state index is 13.0. The van der Waals surface area contributed by atoms with Crippen LogP contribution >= 0.6 is 7.75 Å². The van der Waals surface area contributed by atoms with Gasteiger partial charge in [0.2, 0.25) is 0 Å². The van der Waals surface area contributed by atoms with Crippen molar-refractivity contribution in [2.24, 2.45) is 0 Å². The van der Waals surface area contributed by atoms with Crippen LogP contribution in [0.15, 0.2) is 60.7 Å². The van der Waals surface area contributed by atoms with Crippen molar-refractivity contribution < 1.29 is 13.6 Å². The number of hydrogen-bond donors (Lipinski definition) is 0. The zero-order valence-corrected chi connectivity index (χ0v) is 12.1. The Labute approximate surface area is 118 Å². The Morgan fingerprint density at radius 3 is 1.70 bits per heavy atom. The molecular weight excluding hydrogens is 273 g/mol. The van der Waals surface area contributed by atoms with Crippen molar-refractivity contribution in [3.63, 3.8) is 0 Å². The summed E-state index contributed by atoms with van der Waals surface area (Å²) in [6.07, 6.45) is 0. The van der Waals surface area contributed by atoms with Gasteiger partial charge in [-0.05, 0) is 31.2 Å². The van der Waals surface area contributed by atoms with Crippen molar-refractivity contribution in [2.75, 3.05) is 6.54 Å². The molecule has 2 aromatic rings. The van der Waals surface area contributed by atoms with E-state index in [1.165, 1.54) is 0 Å². The van der Waals surface area contributed by atoms with Crippen molar-refractivity contribution in [1.82, 2.24) is 4.67 Å². The Bertz CT molecular complexity index is 572. The lowest BCUT2D eigenvalue weighted by molar-refractivity contribution is 0.346. The summed E-state index contributed by atoms with van der Waals surface area (Å²) in [5, 5.41) is 0. The van der Waals surface area contributed by atoms with Crippen LogP contribution in [0.1, 0.15) is 6.92 Å². The highest BCUT2D eigenvalue weighted by atomic mass is 31.2. The van der Waals surface area contributed by atoms with Gasteiger partial charge in [-0.15, -0.1) is 0 Å². The normalized spacial score (nSPS) is 21.2. The molecule has 2 atom stereocenters. The summed E-state index contributed by atoms with van der Waals surface area (Å²) in [4.78, 5) is 0. The quantitative estimate of drug-likeness (QED) is 0.617. The molecule has 1 aliphatic rings. The lowest BCUT2D eigenvalue weighted by Gasteiger charge is -2.20. The van der Waals surface area contributed by atoms with Crippen molar-refractivity contribution >= 4 is 7.75 Å². The van der Waals surface area contributed by atoms with E-state index in [9.17, 15) is 4.57 Å². The van der Waals surface area contributed by atoms with Crippen LogP contribution in [-0.4, -0.2) is 17.3 Å². The predicted molar refractivity (Wildman–Crippen MR) is 77.9 cm³/mol. The van der Waals surface area contributed by atoms with Crippen LogP contribution in [-0.2, 0) is 4.57 Å². The Kier molecular flexibility index (Phi) is 3.51. The smallest absolute Gasteiger partial charge is 0.404 e. The molecular formula is C15H16NO3P. The molecule has 0 aliphatic carbocycles. The molecule has 1 unspecified atom stereocenters.